The molecule has 0 unspecified atom stereocenters. The van der Waals surface area contributed by atoms with Crippen molar-refractivity contribution in [3.05, 3.63) is 42.0 Å². The van der Waals surface area contributed by atoms with E-state index in [4.69, 9.17) is 0 Å². The lowest BCUT2D eigenvalue weighted by Gasteiger charge is -2.17. The van der Waals surface area contributed by atoms with Crippen molar-refractivity contribution < 1.29 is 9.59 Å². The summed E-state index contributed by atoms with van der Waals surface area (Å²) in [6, 6.07) is 7.65. The maximum atomic E-state index is 12.2. The van der Waals surface area contributed by atoms with Gasteiger partial charge in [-0.3, -0.25) is 9.59 Å². The van der Waals surface area contributed by atoms with Gasteiger partial charge in [-0.15, -0.1) is 0 Å². The van der Waals surface area contributed by atoms with Crippen molar-refractivity contribution in [2.45, 2.75) is 38.5 Å². The van der Waals surface area contributed by atoms with Crippen molar-refractivity contribution in [2.24, 2.45) is 5.92 Å². The van der Waals surface area contributed by atoms with Crippen molar-refractivity contribution in [1.82, 2.24) is 4.90 Å². The third-order valence-corrected chi connectivity index (χ3v) is 4.68. The van der Waals surface area contributed by atoms with Crippen molar-refractivity contribution in [3.8, 4) is 0 Å². The van der Waals surface area contributed by atoms with E-state index in [1.165, 1.54) is 0 Å². The summed E-state index contributed by atoms with van der Waals surface area (Å²) in [6.45, 7) is 1.78. The molecule has 0 bridgehead atoms. The first-order chi connectivity index (χ1) is 11.2. The maximum Gasteiger partial charge on any atom is 0.227 e. The standard InChI is InChI=1S/C19H24N2O2/c22-18(21-12-4-5-13-21)14-15-8-10-17(11-9-15)20-19(23)16-6-2-1-3-7-16/h1-2,8-11,16H,3-7,12-14H2,(H,20,23)/t16-/m0/s1. The smallest absolute Gasteiger partial charge is 0.227 e. The number of benzene rings is 1. The van der Waals surface area contributed by atoms with Gasteiger partial charge in [0.1, 0.15) is 0 Å². The van der Waals surface area contributed by atoms with Crippen molar-refractivity contribution in [3.63, 3.8) is 0 Å². The average Bonchev–Trinajstić information content (AvgIpc) is 3.12. The van der Waals surface area contributed by atoms with E-state index in [0.717, 1.165) is 56.4 Å². The predicted molar refractivity (Wildman–Crippen MR) is 91.1 cm³/mol. The Kier molecular flexibility index (Phi) is 5.11. The summed E-state index contributed by atoms with van der Waals surface area (Å²) in [5.74, 6) is 0.375. The number of hydrogen-bond donors (Lipinski definition) is 1. The summed E-state index contributed by atoms with van der Waals surface area (Å²) in [5.41, 5.74) is 1.81. The van der Waals surface area contributed by atoms with E-state index in [2.05, 4.69) is 17.5 Å². The van der Waals surface area contributed by atoms with Crippen LogP contribution in [0.2, 0.25) is 0 Å². The molecule has 1 aromatic carbocycles. The number of anilines is 1. The van der Waals surface area contributed by atoms with E-state index in [-0.39, 0.29) is 17.7 Å². The fourth-order valence-electron chi connectivity index (χ4n) is 3.23. The fraction of sp³-hybridized carbons (Fsp3) is 0.474. The molecule has 1 fully saturated rings. The highest BCUT2D eigenvalue weighted by atomic mass is 16.2. The molecule has 1 N–H and O–H groups in total. The SMILES string of the molecule is O=C(Nc1ccc(CC(=O)N2CCCC2)cc1)[C@H]1CC=CCC1. The predicted octanol–water partition coefficient (Wildman–Crippen LogP) is 3.15. The van der Waals surface area contributed by atoms with Crippen molar-refractivity contribution >= 4 is 17.5 Å². The number of allylic oxidation sites excluding steroid dienone is 2. The summed E-state index contributed by atoms with van der Waals surface area (Å²) in [5, 5.41) is 2.98. The third kappa shape index (κ3) is 4.21. The number of nitrogens with zero attached hydrogens (tertiary/aromatic N) is 1. The van der Waals surface area contributed by atoms with Crippen molar-refractivity contribution in [1.29, 1.82) is 0 Å². The summed E-state index contributed by atoms with van der Waals surface area (Å²) in [7, 11) is 0. The van der Waals surface area contributed by atoms with Gasteiger partial charge < -0.3 is 10.2 Å². The van der Waals surface area contributed by atoms with Crippen LogP contribution >= 0.6 is 0 Å². The molecule has 122 valence electrons. The van der Waals surface area contributed by atoms with Gasteiger partial charge in [0.25, 0.3) is 0 Å². The summed E-state index contributed by atoms with van der Waals surface area (Å²) in [6.07, 6.45) is 9.63. The minimum Gasteiger partial charge on any atom is -0.342 e. The molecular formula is C19H24N2O2. The molecule has 1 heterocycles. The molecule has 1 aliphatic heterocycles. The maximum absolute atomic E-state index is 12.2. The molecule has 3 rings (SSSR count). The molecule has 1 aromatic rings. The van der Waals surface area contributed by atoms with Crippen LogP contribution in [0.1, 0.15) is 37.7 Å². The van der Waals surface area contributed by atoms with Crippen LogP contribution < -0.4 is 5.32 Å². The van der Waals surface area contributed by atoms with Gasteiger partial charge in [0.05, 0.1) is 6.42 Å². The second-order valence-corrected chi connectivity index (χ2v) is 6.43. The highest BCUT2D eigenvalue weighted by Gasteiger charge is 2.19. The lowest BCUT2D eigenvalue weighted by molar-refractivity contribution is -0.129. The number of nitrogens with one attached hydrogen (secondary N) is 1. The Morgan fingerprint density at radius 3 is 2.48 bits per heavy atom. The Labute approximate surface area is 137 Å². The van der Waals surface area contributed by atoms with E-state index >= 15 is 0 Å². The molecule has 4 nitrogen and oxygen atoms in total. The Morgan fingerprint density at radius 1 is 1.09 bits per heavy atom. The quantitative estimate of drug-likeness (QED) is 0.868. The van der Waals surface area contributed by atoms with E-state index in [1.54, 1.807) is 0 Å². The highest BCUT2D eigenvalue weighted by molar-refractivity contribution is 5.92. The van der Waals surface area contributed by atoms with Crippen LogP contribution in [0.5, 0.6) is 0 Å². The number of carbonyl (C=O) groups is 2. The molecule has 23 heavy (non-hydrogen) atoms. The van der Waals surface area contributed by atoms with Gasteiger partial charge in [0, 0.05) is 24.7 Å². The zero-order valence-corrected chi connectivity index (χ0v) is 13.5. The second kappa shape index (κ2) is 7.44. The van der Waals surface area contributed by atoms with E-state index in [9.17, 15) is 9.59 Å². The molecule has 2 aliphatic rings. The Bertz CT molecular complexity index is 586. The minimum absolute atomic E-state index is 0.0800. The highest BCUT2D eigenvalue weighted by Crippen LogP contribution is 2.20. The number of hydrogen-bond acceptors (Lipinski definition) is 2. The summed E-state index contributed by atoms with van der Waals surface area (Å²) < 4.78 is 0. The van der Waals surface area contributed by atoms with Crippen LogP contribution in [0, 0.1) is 5.92 Å². The van der Waals surface area contributed by atoms with E-state index in [1.807, 2.05) is 29.2 Å². The first-order valence-electron chi connectivity index (χ1n) is 8.55. The first kappa shape index (κ1) is 15.8. The third-order valence-electron chi connectivity index (χ3n) is 4.68. The van der Waals surface area contributed by atoms with Crippen LogP contribution in [-0.2, 0) is 16.0 Å². The minimum atomic E-state index is 0.0800. The number of rotatable bonds is 4. The zero-order valence-electron chi connectivity index (χ0n) is 13.5. The van der Waals surface area contributed by atoms with Crippen LogP contribution in [0.25, 0.3) is 0 Å². The molecule has 0 radical (unpaired) electrons. The molecule has 0 saturated carbocycles. The Balaban J connectivity index is 1.53. The number of carbonyl (C=O) groups excluding carboxylic acids is 2. The van der Waals surface area contributed by atoms with Crippen molar-refractivity contribution in [2.75, 3.05) is 18.4 Å². The fourth-order valence-corrected chi connectivity index (χ4v) is 3.23. The number of amides is 2. The Hall–Kier alpha value is -2.10. The average molecular weight is 312 g/mol. The second-order valence-electron chi connectivity index (χ2n) is 6.43. The van der Waals surface area contributed by atoms with Crippen LogP contribution in [0.15, 0.2) is 36.4 Å². The zero-order chi connectivity index (χ0) is 16.1. The molecule has 0 aromatic heterocycles. The van der Waals surface area contributed by atoms with Gasteiger partial charge in [0.15, 0.2) is 0 Å². The molecule has 1 atom stereocenters. The monoisotopic (exact) mass is 312 g/mol. The number of likely N-dealkylation sites (tertiary alicyclic amines) is 1. The van der Waals surface area contributed by atoms with Gasteiger partial charge in [0.2, 0.25) is 11.8 Å². The summed E-state index contributed by atoms with van der Waals surface area (Å²) >= 11 is 0. The van der Waals surface area contributed by atoms with Gasteiger partial charge in [-0.05, 0) is 49.8 Å². The normalized spacial score (nSPS) is 20.5. The molecule has 0 spiro atoms. The van der Waals surface area contributed by atoms with Crippen LogP contribution in [0.4, 0.5) is 5.69 Å². The van der Waals surface area contributed by atoms with Crippen LogP contribution in [0.3, 0.4) is 0 Å². The lowest BCUT2D eigenvalue weighted by Crippen LogP contribution is -2.29. The topological polar surface area (TPSA) is 49.4 Å². The van der Waals surface area contributed by atoms with Gasteiger partial charge in [-0.2, -0.15) is 0 Å². The molecule has 1 aliphatic carbocycles. The molecule has 2 amide bonds. The first-order valence-corrected chi connectivity index (χ1v) is 8.55. The van der Waals surface area contributed by atoms with Gasteiger partial charge in [-0.25, -0.2) is 0 Å². The largest absolute Gasteiger partial charge is 0.342 e. The van der Waals surface area contributed by atoms with Gasteiger partial charge in [-0.1, -0.05) is 24.3 Å². The lowest BCUT2D eigenvalue weighted by atomic mass is 9.93. The molecule has 4 heteroatoms. The van der Waals surface area contributed by atoms with Crippen LogP contribution in [-0.4, -0.2) is 29.8 Å². The Morgan fingerprint density at radius 2 is 1.83 bits per heavy atom. The molecule has 1 saturated heterocycles. The van der Waals surface area contributed by atoms with E-state index in [0.29, 0.717) is 6.42 Å². The van der Waals surface area contributed by atoms with E-state index < -0.39 is 0 Å². The molecular weight excluding hydrogens is 288 g/mol. The van der Waals surface area contributed by atoms with Gasteiger partial charge >= 0.3 is 0 Å². The summed E-state index contributed by atoms with van der Waals surface area (Å²) in [4.78, 5) is 26.3.